The minimum absolute atomic E-state index is 0.0199. The van der Waals surface area contributed by atoms with E-state index in [9.17, 15) is 0 Å². The molecule has 0 nitrogen and oxygen atoms in total. The Morgan fingerprint density at radius 3 is 1.52 bits per heavy atom. The monoisotopic (exact) mass is 748 g/mol. The van der Waals surface area contributed by atoms with E-state index in [1.807, 2.05) is 0 Å². The SMILES string of the molecule is CC(C)(C)c1ccc2c(c1)C(C)(C)c1cc(C(C)(C)C)cc(-c3ccc4c(c3)C(C)(C)c3cc(-c5ccc6c7ccccc7c7cccc8ccc5c6c87)ccc3-4)c1-2. The van der Waals surface area contributed by atoms with E-state index in [2.05, 4.69) is 203 Å². The molecular formula is C58H52. The molecule has 0 N–H and O–H groups in total. The van der Waals surface area contributed by atoms with Gasteiger partial charge >= 0.3 is 0 Å². The fourth-order valence-corrected chi connectivity index (χ4v) is 10.9. The molecule has 0 spiro atoms. The second-order valence-electron chi connectivity index (χ2n) is 20.6. The van der Waals surface area contributed by atoms with Gasteiger partial charge in [0.25, 0.3) is 0 Å². The van der Waals surface area contributed by atoms with Crippen LogP contribution in [0.1, 0.15) is 103 Å². The number of benzene rings is 9. The summed E-state index contributed by atoms with van der Waals surface area (Å²) in [6, 6.07) is 52.1. The summed E-state index contributed by atoms with van der Waals surface area (Å²) in [5.41, 5.74) is 19.1. The van der Waals surface area contributed by atoms with Crippen LogP contribution in [0.3, 0.4) is 0 Å². The number of fused-ring (bicyclic) bond motifs is 9. The van der Waals surface area contributed by atoms with E-state index >= 15 is 0 Å². The minimum atomic E-state index is -0.166. The molecule has 0 fully saturated rings. The third-order valence-corrected chi connectivity index (χ3v) is 14.3. The maximum Gasteiger partial charge on any atom is 0.0159 e. The van der Waals surface area contributed by atoms with Crippen molar-refractivity contribution in [3.8, 4) is 44.5 Å². The summed E-state index contributed by atoms with van der Waals surface area (Å²) in [5, 5.41) is 10.7. The summed E-state index contributed by atoms with van der Waals surface area (Å²) in [6.07, 6.45) is 0. The fourth-order valence-electron chi connectivity index (χ4n) is 10.9. The molecule has 0 bridgehead atoms. The van der Waals surface area contributed by atoms with Crippen LogP contribution in [0.25, 0.3) is 87.6 Å². The second-order valence-corrected chi connectivity index (χ2v) is 20.6. The third-order valence-electron chi connectivity index (χ3n) is 14.3. The number of hydrogen-bond acceptors (Lipinski definition) is 0. The van der Waals surface area contributed by atoms with Gasteiger partial charge in [-0.15, -0.1) is 0 Å². The van der Waals surface area contributed by atoms with Gasteiger partial charge in [0.05, 0.1) is 0 Å². The van der Waals surface area contributed by atoms with Crippen LogP contribution in [0.15, 0.2) is 133 Å². The van der Waals surface area contributed by atoms with Gasteiger partial charge in [-0.25, -0.2) is 0 Å². The molecule has 0 atom stereocenters. The van der Waals surface area contributed by atoms with Crippen LogP contribution in [-0.2, 0) is 21.7 Å². The van der Waals surface area contributed by atoms with E-state index in [0.717, 1.165) is 0 Å². The summed E-state index contributed by atoms with van der Waals surface area (Å²) >= 11 is 0. The van der Waals surface area contributed by atoms with Gasteiger partial charge in [0.15, 0.2) is 0 Å². The van der Waals surface area contributed by atoms with Crippen molar-refractivity contribution >= 4 is 43.1 Å². The molecule has 0 amide bonds. The molecule has 0 heterocycles. The van der Waals surface area contributed by atoms with Gasteiger partial charge in [0.2, 0.25) is 0 Å². The standard InChI is InChI=1S/C58H52/c1-55(2,3)36-21-25-46-50(31-36)58(9,10)51-32-37(56(4,5)6)30-47(53(46)51)35-20-23-42-41-22-19-34(28-48(41)57(7,8)49(42)29-35)38-26-27-45-40-16-12-11-15-39(40)43-17-13-14-33-18-24-44(38)54(45)52(33)43/h11-32H,1-10H3. The van der Waals surface area contributed by atoms with Crippen LogP contribution < -0.4 is 0 Å². The average molecular weight is 749 g/mol. The Kier molecular flexibility index (Phi) is 7.01. The lowest BCUT2D eigenvalue weighted by atomic mass is 9.76. The zero-order valence-corrected chi connectivity index (χ0v) is 35.7. The second kappa shape index (κ2) is 11.5. The summed E-state index contributed by atoms with van der Waals surface area (Å²) in [6.45, 7) is 23.8. The van der Waals surface area contributed by atoms with Crippen LogP contribution in [0.5, 0.6) is 0 Å². The average Bonchev–Trinajstić information content (AvgIpc) is 3.57. The molecule has 0 aromatic heterocycles. The molecule has 0 saturated heterocycles. The van der Waals surface area contributed by atoms with Gasteiger partial charge in [-0.1, -0.05) is 184 Å². The number of hydrogen-bond donors (Lipinski definition) is 0. The molecule has 0 aliphatic heterocycles. The van der Waals surface area contributed by atoms with Crippen molar-refractivity contribution in [1.29, 1.82) is 0 Å². The maximum absolute atomic E-state index is 2.53. The van der Waals surface area contributed by atoms with Crippen molar-refractivity contribution in [2.24, 2.45) is 0 Å². The molecule has 11 rings (SSSR count). The van der Waals surface area contributed by atoms with Crippen LogP contribution in [0.2, 0.25) is 0 Å². The molecule has 9 aromatic rings. The van der Waals surface area contributed by atoms with Crippen molar-refractivity contribution in [2.45, 2.75) is 90.9 Å². The van der Waals surface area contributed by atoms with E-state index < -0.39 is 0 Å². The highest BCUT2D eigenvalue weighted by Gasteiger charge is 2.40. The Morgan fingerprint density at radius 2 is 0.862 bits per heavy atom. The zero-order valence-electron chi connectivity index (χ0n) is 35.7. The Bertz CT molecular complexity index is 3220. The molecule has 0 saturated carbocycles. The van der Waals surface area contributed by atoms with E-state index in [0.29, 0.717) is 0 Å². The topological polar surface area (TPSA) is 0 Å². The lowest BCUT2D eigenvalue weighted by Gasteiger charge is -2.28. The molecule has 58 heavy (non-hydrogen) atoms. The number of rotatable bonds is 2. The minimum Gasteiger partial charge on any atom is -0.0616 e. The first-order chi connectivity index (χ1) is 27.5. The molecular weight excluding hydrogens is 697 g/mol. The Labute approximate surface area is 343 Å². The third kappa shape index (κ3) is 4.75. The molecule has 0 unspecified atom stereocenters. The molecule has 2 aliphatic rings. The van der Waals surface area contributed by atoms with E-state index in [1.165, 1.54) is 121 Å². The van der Waals surface area contributed by atoms with Crippen LogP contribution >= 0.6 is 0 Å². The summed E-state index contributed by atoms with van der Waals surface area (Å²) in [7, 11) is 0. The summed E-state index contributed by atoms with van der Waals surface area (Å²) in [4.78, 5) is 0. The van der Waals surface area contributed by atoms with Gasteiger partial charge in [0.1, 0.15) is 0 Å². The van der Waals surface area contributed by atoms with Gasteiger partial charge < -0.3 is 0 Å². The van der Waals surface area contributed by atoms with Crippen LogP contribution in [0.4, 0.5) is 0 Å². The van der Waals surface area contributed by atoms with Crippen molar-refractivity contribution in [1.82, 2.24) is 0 Å². The quantitative estimate of drug-likeness (QED) is 0.122. The van der Waals surface area contributed by atoms with Gasteiger partial charge in [-0.2, -0.15) is 0 Å². The van der Waals surface area contributed by atoms with E-state index in [4.69, 9.17) is 0 Å². The molecule has 2 aliphatic carbocycles. The first-order valence-electron chi connectivity index (χ1n) is 21.3. The fraction of sp³-hybridized carbons (Fsp3) is 0.241. The van der Waals surface area contributed by atoms with Gasteiger partial charge in [0, 0.05) is 10.8 Å². The van der Waals surface area contributed by atoms with Gasteiger partial charge in [-0.3, -0.25) is 0 Å². The van der Waals surface area contributed by atoms with Gasteiger partial charge in [-0.05, 0) is 150 Å². The smallest absolute Gasteiger partial charge is 0.0159 e. The molecule has 0 radical (unpaired) electrons. The lowest BCUT2D eigenvalue weighted by Crippen LogP contribution is -2.19. The first-order valence-corrected chi connectivity index (χ1v) is 21.3. The highest BCUT2D eigenvalue weighted by Crippen LogP contribution is 2.56. The zero-order chi connectivity index (χ0) is 40.3. The highest BCUT2D eigenvalue weighted by atomic mass is 14.4. The lowest BCUT2D eigenvalue weighted by molar-refractivity contribution is 0.580. The largest absolute Gasteiger partial charge is 0.0616 e. The van der Waals surface area contributed by atoms with Crippen molar-refractivity contribution < 1.29 is 0 Å². The maximum atomic E-state index is 2.53. The summed E-state index contributed by atoms with van der Waals surface area (Å²) < 4.78 is 0. The van der Waals surface area contributed by atoms with E-state index in [1.54, 1.807) is 0 Å². The van der Waals surface area contributed by atoms with Crippen molar-refractivity contribution in [2.75, 3.05) is 0 Å². The highest BCUT2D eigenvalue weighted by molar-refractivity contribution is 6.35. The Morgan fingerprint density at radius 1 is 0.345 bits per heavy atom. The summed E-state index contributed by atoms with van der Waals surface area (Å²) in [5.74, 6) is 0. The Balaban J connectivity index is 1.07. The predicted molar refractivity (Wildman–Crippen MR) is 251 cm³/mol. The molecule has 9 aromatic carbocycles. The normalized spacial score (nSPS) is 15.3. The Hall–Kier alpha value is -5.72. The molecule has 284 valence electrons. The van der Waals surface area contributed by atoms with Crippen molar-refractivity contribution in [3.05, 3.63) is 167 Å². The van der Waals surface area contributed by atoms with Crippen LogP contribution in [0, 0.1) is 0 Å². The first kappa shape index (κ1) is 35.4. The predicted octanol–water partition coefficient (Wildman–Crippen LogP) is 16.3. The van der Waals surface area contributed by atoms with Crippen LogP contribution in [-0.4, -0.2) is 0 Å². The van der Waals surface area contributed by atoms with Crippen molar-refractivity contribution in [3.63, 3.8) is 0 Å². The molecule has 0 heteroatoms. The van der Waals surface area contributed by atoms with E-state index in [-0.39, 0.29) is 21.7 Å².